The summed E-state index contributed by atoms with van der Waals surface area (Å²) < 4.78 is 36.0. The van der Waals surface area contributed by atoms with Crippen LogP contribution in [0.1, 0.15) is 26.7 Å². The predicted octanol–water partition coefficient (Wildman–Crippen LogP) is 2.81. The van der Waals surface area contributed by atoms with Crippen LogP contribution in [-0.4, -0.2) is 65.6 Å². The van der Waals surface area contributed by atoms with Crippen molar-refractivity contribution >= 4 is 74.4 Å². The number of aromatic nitrogens is 4. The number of nitrogens with two attached hydrogens (primary N) is 1. The van der Waals surface area contributed by atoms with Gasteiger partial charge in [0.05, 0.1) is 30.5 Å². The van der Waals surface area contributed by atoms with Crippen LogP contribution in [0, 0.1) is 6.92 Å². The number of ether oxygens (including phenoxy) is 2. The Bertz CT molecular complexity index is 1540. The molecule has 0 aliphatic heterocycles. The fourth-order valence-corrected chi connectivity index (χ4v) is 4.25. The van der Waals surface area contributed by atoms with Crippen molar-refractivity contribution in [1.29, 1.82) is 0 Å². The lowest BCUT2D eigenvalue weighted by molar-refractivity contribution is 0.0595. The maximum atomic E-state index is 12.4. The highest BCUT2D eigenvalue weighted by Crippen LogP contribution is 2.34. The van der Waals surface area contributed by atoms with E-state index < -0.39 is 38.6 Å². The van der Waals surface area contributed by atoms with E-state index in [4.69, 9.17) is 50.4 Å². The molecule has 15 nitrogen and oxygen atoms in total. The molecule has 2 amide bonds. The van der Waals surface area contributed by atoms with Gasteiger partial charge in [-0.1, -0.05) is 46.9 Å². The SMILES string of the molecule is COC(=O)c1ccccc1S(=O)(=O)NC(=O)Nc1nc(C)nc(OC)n1.Nc1c(Cl)c(Cl)nc(C(=O)O)c1Cl. The molecule has 5 N–H and O–H groups in total. The van der Waals surface area contributed by atoms with Crippen LogP contribution in [0.15, 0.2) is 29.2 Å². The number of nitrogen functional groups attached to an aromatic ring is 1. The minimum absolute atomic E-state index is 0.0448. The van der Waals surface area contributed by atoms with E-state index in [1.165, 1.54) is 32.2 Å². The molecule has 39 heavy (non-hydrogen) atoms. The third-order valence-corrected chi connectivity index (χ3v) is 6.74. The number of carboxylic acids is 1. The number of sulfonamides is 1. The first-order valence-electron chi connectivity index (χ1n) is 10.0. The number of methoxy groups -OCH3 is 2. The van der Waals surface area contributed by atoms with Gasteiger partial charge in [-0.25, -0.2) is 32.5 Å². The monoisotopic (exact) mass is 621 g/mol. The highest BCUT2D eigenvalue weighted by Gasteiger charge is 2.25. The third-order valence-electron chi connectivity index (χ3n) is 4.22. The Morgan fingerprint density at radius 1 is 1.00 bits per heavy atom. The lowest BCUT2D eigenvalue weighted by atomic mass is 10.2. The predicted molar refractivity (Wildman–Crippen MR) is 139 cm³/mol. The van der Waals surface area contributed by atoms with Crippen molar-refractivity contribution in [3.63, 3.8) is 0 Å². The zero-order valence-electron chi connectivity index (χ0n) is 20.0. The molecule has 208 valence electrons. The van der Waals surface area contributed by atoms with Crippen LogP contribution >= 0.6 is 34.8 Å². The van der Waals surface area contributed by atoms with Crippen molar-refractivity contribution < 1.29 is 37.4 Å². The Morgan fingerprint density at radius 3 is 2.23 bits per heavy atom. The van der Waals surface area contributed by atoms with E-state index in [2.05, 4.69) is 30.0 Å². The van der Waals surface area contributed by atoms with Gasteiger partial charge in [0.25, 0.3) is 10.0 Å². The molecule has 0 unspecified atom stereocenters. The summed E-state index contributed by atoms with van der Waals surface area (Å²) in [5.74, 6) is -2.12. The number of carbonyl (C=O) groups excluding carboxylic acids is 2. The number of aromatic carboxylic acids is 1. The van der Waals surface area contributed by atoms with Crippen molar-refractivity contribution in [2.24, 2.45) is 0 Å². The molecule has 0 spiro atoms. The van der Waals surface area contributed by atoms with E-state index in [9.17, 15) is 22.8 Å². The number of carbonyl (C=O) groups is 3. The van der Waals surface area contributed by atoms with Gasteiger partial charge in [-0.15, -0.1) is 0 Å². The minimum Gasteiger partial charge on any atom is -0.476 e. The molecule has 0 bridgehead atoms. The van der Waals surface area contributed by atoms with E-state index in [0.717, 1.165) is 13.2 Å². The maximum Gasteiger partial charge on any atom is 0.356 e. The number of esters is 1. The standard InChI is InChI=1S/C14H15N5O6S.C6H3Cl3N2O2/c1-8-15-12(18-14(16-8)25-3)17-13(21)19-26(22,23)10-7-5-4-6-9(10)11(20)24-2;7-1-3(10)2(8)5(9)11-4(1)6(12)13/h4-7H,1-3H3,(H2,15,16,17,18,19,21);(H2,10,11)(H,12,13). The first-order valence-corrected chi connectivity index (χ1v) is 12.6. The van der Waals surface area contributed by atoms with Crippen LogP contribution < -0.4 is 20.5 Å². The van der Waals surface area contributed by atoms with Gasteiger partial charge in [0, 0.05) is 0 Å². The number of nitrogens with one attached hydrogen (secondary N) is 2. The average molecular weight is 623 g/mol. The number of benzene rings is 1. The second kappa shape index (κ2) is 13.2. The zero-order chi connectivity index (χ0) is 29.5. The number of carboxylic acid groups (broad SMARTS) is 1. The quantitative estimate of drug-likeness (QED) is 0.229. The number of amides is 2. The molecule has 2 aromatic heterocycles. The lowest BCUT2D eigenvalue weighted by Crippen LogP contribution is -2.35. The molecular formula is C20H18Cl3N7O8S. The summed E-state index contributed by atoms with van der Waals surface area (Å²) in [6, 6.07) is 4.12. The largest absolute Gasteiger partial charge is 0.476 e. The fourth-order valence-electron chi connectivity index (χ4n) is 2.56. The van der Waals surface area contributed by atoms with Crippen LogP contribution in [0.3, 0.4) is 0 Å². The Morgan fingerprint density at radius 2 is 1.64 bits per heavy atom. The molecule has 3 aromatic rings. The number of nitrogens with zero attached hydrogens (tertiary/aromatic N) is 4. The summed E-state index contributed by atoms with van der Waals surface area (Å²) in [5.41, 5.74) is 4.66. The van der Waals surface area contributed by atoms with Crippen molar-refractivity contribution in [2.45, 2.75) is 11.8 Å². The van der Waals surface area contributed by atoms with Gasteiger partial charge in [-0.05, 0) is 19.1 Å². The van der Waals surface area contributed by atoms with Crippen molar-refractivity contribution in [1.82, 2.24) is 24.7 Å². The van der Waals surface area contributed by atoms with E-state index >= 15 is 0 Å². The second-order valence-corrected chi connectivity index (χ2v) is 9.60. The number of aryl methyl sites for hydroxylation is 1. The second-order valence-electron chi connectivity index (χ2n) is 6.84. The minimum atomic E-state index is -4.36. The first kappa shape index (κ1) is 31.2. The number of hydrogen-bond donors (Lipinski definition) is 4. The van der Waals surface area contributed by atoms with Crippen LogP contribution in [0.2, 0.25) is 15.2 Å². The highest BCUT2D eigenvalue weighted by atomic mass is 35.5. The molecule has 0 fully saturated rings. The number of anilines is 2. The molecule has 3 rings (SSSR count). The Balaban J connectivity index is 0.000000344. The van der Waals surface area contributed by atoms with Gasteiger partial charge >= 0.3 is 24.0 Å². The van der Waals surface area contributed by atoms with Gasteiger partial charge in [0.1, 0.15) is 15.7 Å². The molecule has 19 heteroatoms. The van der Waals surface area contributed by atoms with Gasteiger partial charge in [-0.3, -0.25) is 5.32 Å². The molecule has 0 saturated carbocycles. The fraction of sp³-hybridized carbons (Fsp3) is 0.150. The molecule has 0 aliphatic rings. The summed E-state index contributed by atoms with van der Waals surface area (Å²) >= 11 is 16.6. The smallest absolute Gasteiger partial charge is 0.356 e. The van der Waals surface area contributed by atoms with Gasteiger partial charge < -0.3 is 20.3 Å². The van der Waals surface area contributed by atoms with Crippen LogP contribution in [0.4, 0.5) is 16.4 Å². The summed E-state index contributed by atoms with van der Waals surface area (Å²) in [6.45, 7) is 1.54. The Labute approximate surface area is 235 Å². The Hall–Kier alpha value is -3.99. The van der Waals surface area contributed by atoms with E-state index in [0.29, 0.717) is 0 Å². The third kappa shape index (κ3) is 8.00. The lowest BCUT2D eigenvalue weighted by Gasteiger charge is -2.11. The van der Waals surface area contributed by atoms with Crippen molar-refractivity contribution in [3.05, 3.63) is 56.5 Å². The number of rotatable bonds is 6. The van der Waals surface area contributed by atoms with Gasteiger partial charge in [-0.2, -0.15) is 15.0 Å². The normalized spacial score (nSPS) is 10.5. The van der Waals surface area contributed by atoms with E-state index in [1.807, 2.05) is 0 Å². The van der Waals surface area contributed by atoms with E-state index in [-0.39, 0.29) is 44.2 Å². The van der Waals surface area contributed by atoms with Crippen molar-refractivity contribution in [3.8, 4) is 6.01 Å². The number of urea groups is 1. The molecule has 0 atom stereocenters. The summed E-state index contributed by atoms with van der Waals surface area (Å²) in [6.07, 6.45) is 0. The van der Waals surface area contributed by atoms with Gasteiger partial charge in [0.2, 0.25) is 5.95 Å². The number of hydrogen-bond acceptors (Lipinski definition) is 12. The zero-order valence-corrected chi connectivity index (χ0v) is 23.1. The molecular weight excluding hydrogens is 605 g/mol. The van der Waals surface area contributed by atoms with Crippen LogP contribution in [-0.2, 0) is 14.8 Å². The number of pyridine rings is 1. The molecule has 0 radical (unpaired) electrons. The highest BCUT2D eigenvalue weighted by molar-refractivity contribution is 7.90. The number of halogens is 3. The molecule has 0 aliphatic carbocycles. The summed E-state index contributed by atoms with van der Waals surface area (Å²) in [5, 5.41) is 10.3. The Kier molecular flexibility index (Phi) is 10.6. The summed E-state index contributed by atoms with van der Waals surface area (Å²) in [7, 11) is -1.92. The van der Waals surface area contributed by atoms with Crippen LogP contribution in [0.5, 0.6) is 6.01 Å². The summed E-state index contributed by atoms with van der Waals surface area (Å²) in [4.78, 5) is 48.7. The first-order chi connectivity index (χ1) is 18.2. The molecule has 0 saturated heterocycles. The molecule has 1 aromatic carbocycles. The molecule has 2 heterocycles. The van der Waals surface area contributed by atoms with Crippen LogP contribution in [0.25, 0.3) is 0 Å². The topological polar surface area (TPSA) is 226 Å². The maximum absolute atomic E-state index is 12.4. The van der Waals surface area contributed by atoms with Crippen molar-refractivity contribution in [2.75, 3.05) is 25.3 Å². The van der Waals surface area contributed by atoms with Gasteiger partial charge in [0.15, 0.2) is 10.8 Å². The van der Waals surface area contributed by atoms with E-state index in [1.54, 1.807) is 4.72 Å². The average Bonchev–Trinajstić information content (AvgIpc) is 2.88.